The van der Waals surface area contributed by atoms with Gasteiger partial charge in [-0.15, -0.1) is 0 Å². The third kappa shape index (κ3) is 3.88. The maximum absolute atomic E-state index is 12.0. The topological polar surface area (TPSA) is 119 Å². The molecule has 0 radical (unpaired) electrons. The number of nitrogens with one attached hydrogen (secondary N) is 1. The fourth-order valence-corrected chi connectivity index (χ4v) is 4.15. The third-order valence-electron chi connectivity index (χ3n) is 4.25. The summed E-state index contributed by atoms with van der Waals surface area (Å²) in [5, 5.41) is 0. The molecule has 3 aliphatic rings. The van der Waals surface area contributed by atoms with Gasteiger partial charge in [0.25, 0.3) is 0 Å². The lowest BCUT2D eigenvalue weighted by atomic mass is 9.98. The summed E-state index contributed by atoms with van der Waals surface area (Å²) in [6.07, 6.45) is -1.66. The zero-order valence-electron chi connectivity index (χ0n) is 15.4. The second-order valence-corrected chi connectivity index (χ2v) is 8.74. The molecule has 10 nitrogen and oxygen atoms in total. The largest absolute Gasteiger partial charge is 0.362 e. The summed E-state index contributed by atoms with van der Waals surface area (Å²) >= 11 is 0. The molecule has 3 aliphatic heterocycles. The van der Waals surface area contributed by atoms with E-state index in [1.165, 1.54) is 6.92 Å². The van der Waals surface area contributed by atoms with Crippen molar-refractivity contribution in [3.05, 3.63) is 0 Å². The summed E-state index contributed by atoms with van der Waals surface area (Å²) in [5.41, 5.74) is 0. The second kappa shape index (κ2) is 6.36. The Kier molecular flexibility index (Phi) is 4.88. The number of fused-ring (bicyclic) bond motifs is 3. The van der Waals surface area contributed by atoms with Gasteiger partial charge in [0.15, 0.2) is 11.6 Å². The summed E-state index contributed by atoms with van der Waals surface area (Å²) in [6, 6.07) is 0. The Hall–Kier alpha value is -0.820. The van der Waals surface area contributed by atoms with E-state index in [1.54, 1.807) is 32.4 Å². The highest BCUT2D eigenvalue weighted by molar-refractivity contribution is 7.85. The standard InChI is InChI=1S/C15H25NO9S/c1-6-10(17)16-26(18,19)21-8-15-12(24-14(4,5)25-15)11-9(7-20-15)22-13(2,3)23-11/h9,11-12H,6-8H2,1-5H3,(H,16,17)/t9?,11?,12?,15-/m0/s1. The van der Waals surface area contributed by atoms with E-state index >= 15 is 0 Å². The molecule has 3 fully saturated rings. The van der Waals surface area contributed by atoms with Crippen LogP contribution in [0.1, 0.15) is 41.0 Å². The van der Waals surface area contributed by atoms with E-state index in [9.17, 15) is 13.2 Å². The normalized spacial score (nSPS) is 37.8. The molecule has 0 spiro atoms. The Morgan fingerprint density at radius 3 is 2.50 bits per heavy atom. The number of rotatable bonds is 5. The van der Waals surface area contributed by atoms with Gasteiger partial charge in [-0.2, -0.15) is 8.42 Å². The van der Waals surface area contributed by atoms with Crippen molar-refractivity contribution in [3.63, 3.8) is 0 Å². The minimum Gasteiger partial charge on any atom is -0.343 e. The third-order valence-corrected chi connectivity index (χ3v) is 5.16. The van der Waals surface area contributed by atoms with Gasteiger partial charge in [-0.25, -0.2) is 8.91 Å². The number of hydrogen-bond acceptors (Lipinski definition) is 9. The number of carbonyl (C=O) groups excluding carboxylic acids is 1. The molecule has 1 amide bonds. The van der Waals surface area contributed by atoms with Crippen LogP contribution in [0.4, 0.5) is 0 Å². The number of ether oxygens (including phenoxy) is 5. The van der Waals surface area contributed by atoms with Crippen molar-refractivity contribution in [2.45, 2.75) is 76.7 Å². The lowest BCUT2D eigenvalue weighted by Crippen LogP contribution is -2.60. The molecule has 3 unspecified atom stereocenters. The van der Waals surface area contributed by atoms with Gasteiger partial charge in [-0.3, -0.25) is 4.79 Å². The van der Waals surface area contributed by atoms with Crippen LogP contribution in [0.5, 0.6) is 0 Å². The van der Waals surface area contributed by atoms with Crippen LogP contribution in [0.15, 0.2) is 0 Å². The highest BCUT2D eigenvalue weighted by atomic mass is 32.2. The Bertz CT molecular complexity index is 677. The molecular weight excluding hydrogens is 370 g/mol. The highest BCUT2D eigenvalue weighted by Gasteiger charge is 2.65. The van der Waals surface area contributed by atoms with Crippen LogP contribution in [0.2, 0.25) is 0 Å². The lowest BCUT2D eigenvalue weighted by Gasteiger charge is -2.40. The van der Waals surface area contributed by atoms with Gasteiger partial charge < -0.3 is 23.7 Å². The zero-order chi connectivity index (χ0) is 19.4. The lowest BCUT2D eigenvalue weighted by molar-refractivity contribution is -0.290. The van der Waals surface area contributed by atoms with Crippen LogP contribution in [0, 0.1) is 0 Å². The van der Waals surface area contributed by atoms with E-state index in [0.29, 0.717) is 0 Å². The van der Waals surface area contributed by atoms with Gasteiger partial charge in [0.1, 0.15) is 24.9 Å². The van der Waals surface area contributed by atoms with Crippen LogP contribution in [-0.4, -0.2) is 63.2 Å². The average Bonchev–Trinajstić information content (AvgIpc) is 2.96. The Balaban J connectivity index is 1.79. The highest BCUT2D eigenvalue weighted by Crippen LogP contribution is 2.47. The minimum atomic E-state index is -4.31. The van der Waals surface area contributed by atoms with E-state index in [0.717, 1.165) is 0 Å². The predicted octanol–water partition coefficient (Wildman–Crippen LogP) is 0.172. The first kappa shape index (κ1) is 19.9. The molecular formula is C15H25NO9S. The molecule has 26 heavy (non-hydrogen) atoms. The molecule has 0 aromatic carbocycles. The fraction of sp³-hybridized carbons (Fsp3) is 0.933. The molecule has 0 aromatic heterocycles. The number of carbonyl (C=O) groups is 1. The van der Waals surface area contributed by atoms with Gasteiger partial charge in [-0.05, 0) is 27.7 Å². The van der Waals surface area contributed by atoms with Crippen LogP contribution in [0.3, 0.4) is 0 Å². The van der Waals surface area contributed by atoms with E-state index in [4.69, 9.17) is 27.9 Å². The van der Waals surface area contributed by atoms with Gasteiger partial charge in [0.05, 0.1) is 6.61 Å². The second-order valence-electron chi connectivity index (χ2n) is 7.40. The number of amides is 1. The number of hydrogen-bond donors (Lipinski definition) is 1. The van der Waals surface area contributed by atoms with Crippen LogP contribution in [-0.2, 0) is 43.0 Å². The van der Waals surface area contributed by atoms with Crippen molar-refractivity contribution in [1.82, 2.24) is 4.72 Å². The molecule has 3 saturated heterocycles. The summed E-state index contributed by atoms with van der Waals surface area (Å²) in [5.74, 6) is -4.05. The van der Waals surface area contributed by atoms with E-state index in [-0.39, 0.29) is 19.1 Å². The van der Waals surface area contributed by atoms with E-state index in [2.05, 4.69) is 0 Å². The molecule has 0 bridgehead atoms. The first-order valence-electron chi connectivity index (χ1n) is 8.45. The first-order valence-corrected chi connectivity index (χ1v) is 9.85. The summed E-state index contributed by atoms with van der Waals surface area (Å²) < 4.78 is 60.0. The molecule has 1 N–H and O–H groups in total. The molecule has 0 aliphatic carbocycles. The van der Waals surface area contributed by atoms with Crippen molar-refractivity contribution in [2.24, 2.45) is 0 Å². The molecule has 3 rings (SSSR count). The molecule has 11 heteroatoms. The van der Waals surface area contributed by atoms with Gasteiger partial charge in [0, 0.05) is 6.42 Å². The molecule has 3 heterocycles. The van der Waals surface area contributed by atoms with Crippen molar-refractivity contribution >= 4 is 16.2 Å². The summed E-state index contributed by atoms with van der Waals surface area (Å²) in [4.78, 5) is 11.3. The van der Waals surface area contributed by atoms with Gasteiger partial charge in [-0.1, -0.05) is 6.92 Å². The zero-order valence-corrected chi connectivity index (χ0v) is 16.3. The smallest absolute Gasteiger partial charge is 0.343 e. The van der Waals surface area contributed by atoms with E-state index < -0.39 is 52.4 Å². The van der Waals surface area contributed by atoms with E-state index in [1.807, 2.05) is 0 Å². The molecule has 150 valence electrons. The summed E-state index contributed by atoms with van der Waals surface area (Å²) in [7, 11) is -4.31. The Morgan fingerprint density at radius 1 is 1.15 bits per heavy atom. The van der Waals surface area contributed by atoms with Crippen LogP contribution < -0.4 is 4.72 Å². The van der Waals surface area contributed by atoms with Crippen molar-refractivity contribution in [2.75, 3.05) is 13.2 Å². The maximum atomic E-state index is 12.0. The molecule has 0 aromatic rings. The summed E-state index contributed by atoms with van der Waals surface area (Å²) in [6.45, 7) is 8.05. The van der Waals surface area contributed by atoms with Crippen molar-refractivity contribution in [3.8, 4) is 0 Å². The maximum Gasteiger partial charge on any atom is 0.362 e. The van der Waals surface area contributed by atoms with Crippen molar-refractivity contribution < 1.29 is 41.1 Å². The predicted molar refractivity (Wildman–Crippen MR) is 85.9 cm³/mol. The minimum absolute atomic E-state index is 0.00349. The van der Waals surface area contributed by atoms with Crippen LogP contribution >= 0.6 is 0 Å². The van der Waals surface area contributed by atoms with Crippen LogP contribution in [0.25, 0.3) is 0 Å². The van der Waals surface area contributed by atoms with Gasteiger partial charge in [0.2, 0.25) is 11.7 Å². The van der Waals surface area contributed by atoms with Gasteiger partial charge >= 0.3 is 10.3 Å². The Morgan fingerprint density at radius 2 is 1.85 bits per heavy atom. The molecule has 4 atom stereocenters. The first-order chi connectivity index (χ1) is 11.9. The monoisotopic (exact) mass is 395 g/mol. The average molecular weight is 395 g/mol. The fourth-order valence-electron chi connectivity index (χ4n) is 3.35. The molecule has 0 saturated carbocycles. The quantitative estimate of drug-likeness (QED) is 0.695. The van der Waals surface area contributed by atoms with Crippen molar-refractivity contribution in [1.29, 1.82) is 0 Å². The SMILES string of the molecule is CCC(=O)NS(=O)(=O)OC[C@@]12OCC3OC(C)(C)OC3C1OC(C)(C)O2. The Labute approximate surface area is 152 Å².